The minimum Gasteiger partial charge on any atom is -0.495 e. The fraction of sp³-hybridized carbons (Fsp3) is 0.273. The summed E-state index contributed by atoms with van der Waals surface area (Å²) in [4.78, 5) is 26.5. The molecule has 1 saturated carbocycles. The molecule has 2 aromatic carbocycles. The van der Waals surface area contributed by atoms with Gasteiger partial charge in [0.15, 0.2) is 11.6 Å². The van der Waals surface area contributed by atoms with Crippen LogP contribution in [-0.2, 0) is 20.4 Å². The number of ketones is 2. The highest BCUT2D eigenvalue weighted by molar-refractivity contribution is 7.90. The SMILES string of the molecule is COc1ccc2ccccc2c1S(=O)C1=CC(=O)[C@H]2[C@@H](C1=O)[C@H]1C=C[C@@H]2C1. The van der Waals surface area contributed by atoms with E-state index in [0.29, 0.717) is 10.6 Å². The molecule has 0 spiro atoms. The first-order valence-corrected chi connectivity index (χ1v) is 10.2. The normalized spacial score (nSPS) is 29.7. The fourth-order valence-corrected chi connectivity index (χ4v) is 6.34. The highest BCUT2D eigenvalue weighted by Crippen LogP contribution is 2.52. The summed E-state index contributed by atoms with van der Waals surface area (Å²) in [6, 6.07) is 11.2. The van der Waals surface area contributed by atoms with E-state index in [-0.39, 0.29) is 40.1 Å². The molecule has 2 bridgehead atoms. The van der Waals surface area contributed by atoms with E-state index in [9.17, 15) is 13.8 Å². The van der Waals surface area contributed by atoms with E-state index in [1.54, 1.807) is 6.07 Å². The predicted molar refractivity (Wildman–Crippen MR) is 103 cm³/mol. The lowest BCUT2D eigenvalue weighted by Gasteiger charge is -2.29. The molecule has 5 rings (SSSR count). The average molecular weight is 378 g/mol. The summed E-state index contributed by atoms with van der Waals surface area (Å²) in [5.74, 6) is -0.159. The van der Waals surface area contributed by atoms with Crippen LogP contribution >= 0.6 is 0 Å². The van der Waals surface area contributed by atoms with Crippen LogP contribution in [0.15, 0.2) is 64.4 Å². The van der Waals surface area contributed by atoms with E-state index in [1.807, 2.05) is 36.4 Å². The highest BCUT2D eigenvalue weighted by Gasteiger charge is 2.54. The van der Waals surface area contributed by atoms with Gasteiger partial charge in [-0.15, -0.1) is 0 Å². The van der Waals surface area contributed by atoms with Gasteiger partial charge in [-0.1, -0.05) is 42.5 Å². The molecule has 27 heavy (non-hydrogen) atoms. The number of hydrogen-bond donors (Lipinski definition) is 0. The van der Waals surface area contributed by atoms with Crippen molar-refractivity contribution in [1.29, 1.82) is 0 Å². The zero-order valence-electron chi connectivity index (χ0n) is 14.8. The van der Waals surface area contributed by atoms with Crippen molar-refractivity contribution in [1.82, 2.24) is 0 Å². The summed E-state index contributed by atoms with van der Waals surface area (Å²) in [5.41, 5.74) is 0. The fourth-order valence-electron chi connectivity index (χ4n) is 4.86. The Morgan fingerprint density at radius 1 is 1.00 bits per heavy atom. The lowest BCUT2D eigenvalue weighted by molar-refractivity contribution is -0.129. The first-order valence-electron chi connectivity index (χ1n) is 9.05. The van der Waals surface area contributed by atoms with Crippen LogP contribution in [0.3, 0.4) is 0 Å². The molecule has 0 N–H and O–H groups in total. The summed E-state index contributed by atoms with van der Waals surface area (Å²) in [5, 5.41) is 1.68. The number of hydrogen-bond acceptors (Lipinski definition) is 4. The summed E-state index contributed by atoms with van der Waals surface area (Å²) in [6.45, 7) is 0. The minimum atomic E-state index is -1.78. The van der Waals surface area contributed by atoms with E-state index in [0.717, 1.165) is 17.2 Å². The Hall–Kier alpha value is -2.53. The molecule has 0 heterocycles. The molecule has 4 nitrogen and oxygen atoms in total. The number of fused-ring (bicyclic) bond motifs is 6. The van der Waals surface area contributed by atoms with Gasteiger partial charge in [0.1, 0.15) is 5.75 Å². The van der Waals surface area contributed by atoms with E-state index in [1.165, 1.54) is 13.2 Å². The van der Waals surface area contributed by atoms with Crippen molar-refractivity contribution in [2.45, 2.75) is 11.3 Å². The van der Waals surface area contributed by atoms with Gasteiger partial charge in [-0.05, 0) is 29.7 Å². The summed E-state index contributed by atoms with van der Waals surface area (Å²) in [7, 11) is -0.259. The van der Waals surface area contributed by atoms with Crippen LogP contribution in [0.2, 0.25) is 0 Å². The second kappa shape index (κ2) is 5.99. The van der Waals surface area contributed by atoms with E-state index in [2.05, 4.69) is 6.08 Å². The molecule has 0 aliphatic heterocycles. The van der Waals surface area contributed by atoms with Crippen LogP contribution in [-0.4, -0.2) is 22.9 Å². The number of benzene rings is 2. The Kier molecular flexibility index (Phi) is 3.69. The topological polar surface area (TPSA) is 60.4 Å². The second-order valence-corrected chi connectivity index (χ2v) is 8.75. The third-order valence-corrected chi connectivity index (χ3v) is 7.57. The van der Waals surface area contributed by atoms with Crippen LogP contribution in [0, 0.1) is 23.7 Å². The van der Waals surface area contributed by atoms with Crippen molar-refractivity contribution in [3.63, 3.8) is 0 Å². The molecule has 1 unspecified atom stereocenters. The number of allylic oxidation sites excluding steroid dienone is 4. The zero-order valence-corrected chi connectivity index (χ0v) is 15.6. The van der Waals surface area contributed by atoms with Crippen molar-refractivity contribution >= 4 is 33.1 Å². The zero-order chi connectivity index (χ0) is 18.7. The van der Waals surface area contributed by atoms with Crippen molar-refractivity contribution in [3.8, 4) is 5.75 Å². The molecule has 136 valence electrons. The lowest BCUT2D eigenvalue weighted by atomic mass is 9.75. The Balaban J connectivity index is 1.64. The van der Waals surface area contributed by atoms with Gasteiger partial charge in [-0.25, -0.2) is 4.21 Å². The molecule has 2 aromatic rings. The van der Waals surface area contributed by atoms with Crippen LogP contribution in [0.4, 0.5) is 0 Å². The van der Waals surface area contributed by atoms with Gasteiger partial charge < -0.3 is 4.74 Å². The second-order valence-electron chi connectivity index (χ2n) is 7.36. The third-order valence-electron chi connectivity index (χ3n) is 6.06. The Morgan fingerprint density at radius 3 is 2.52 bits per heavy atom. The van der Waals surface area contributed by atoms with Gasteiger partial charge in [0.05, 0.1) is 27.7 Å². The maximum Gasteiger partial charge on any atom is 0.176 e. The monoisotopic (exact) mass is 378 g/mol. The van der Waals surface area contributed by atoms with Crippen molar-refractivity contribution in [2.24, 2.45) is 23.7 Å². The number of carbonyl (C=O) groups is 2. The molecule has 0 saturated heterocycles. The van der Waals surface area contributed by atoms with Gasteiger partial charge in [0.25, 0.3) is 0 Å². The largest absolute Gasteiger partial charge is 0.495 e. The molecule has 0 amide bonds. The summed E-state index contributed by atoms with van der Waals surface area (Å²) >= 11 is 0. The first kappa shape index (κ1) is 16.6. The Labute approximate surface area is 159 Å². The van der Waals surface area contributed by atoms with Crippen LogP contribution < -0.4 is 4.74 Å². The molecular formula is C22H18O4S. The van der Waals surface area contributed by atoms with Crippen molar-refractivity contribution < 1.29 is 18.5 Å². The number of carbonyl (C=O) groups excluding carboxylic acids is 2. The average Bonchev–Trinajstić information content (AvgIpc) is 3.31. The van der Waals surface area contributed by atoms with E-state index < -0.39 is 10.8 Å². The number of Topliss-reactive ketones (excluding diaryl/α,β-unsaturated/α-hetero) is 1. The first-order chi connectivity index (χ1) is 13.1. The number of rotatable bonds is 3. The smallest absolute Gasteiger partial charge is 0.176 e. The maximum atomic E-state index is 13.5. The van der Waals surface area contributed by atoms with E-state index >= 15 is 0 Å². The third kappa shape index (κ3) is 2.31. The quantitative estimate of drug-likeness (QED) is 0.768. The summed E-state index contributed by atoms with van der Waals surface area (Å²) in [6.07, 6.45) is 6.27. The van der Waals surface area contributed by atoms with Gasteiger partial charge in [-0.2, -0.15) is 0 Å². The van der Waals surface area contributed by atoms with Gasteiger partial charge in [0.2, 0.25) is 0 Å². The molecule has 0 aromatic heterocycles. The maximum absolute atomic E-state index is 13.5. The van der Waals surface area contributed by atoms with Crippen molar-refractivity contribution in [3.05, 3.63) is 59.5 Å². The number of ether oxygens (including phenoxy) is 1. The molecule has 3 aliphatic carbocycles. The van der Waals surface area contributed by atoms with E-state index in [4.69, 9.17) is 4.74 Å². The Bertz CT molecular complexity index is 1080. The van der Waals surface area contributed by atoms with Crippen LogP contribution in [0.25, 0.3) is 10.8 Å². The molecule has 1 fully saturated rings. The predicted octanol–water partition coefficient (Wildman–Crippen LogP) is 3.43. The molecule has 0 radical (unpaired) electrons. The molecule has 5 atom stereocenters. The standard InChI is InChI=1S/C22H18O4S/c1-26-17-9-8-12-4-2-3-5-15(12)22(17)27(25)18-11-16(23)19-13-6-7-14(10-13)20(19)21(18)24/h2-9,11,13-14,19-20H,10H2,1H3/t13-,14+,19+,20+,27?/m1/s1. The van der Waals surface area contributed by atoms with Crippen LogP contribution in [0.1, 0.15) is 6.42 Å². The molecule has 5 heteroatoms. The molecule has 3 aliphatic rings. The minimum absolute atomic E-state index is 0.0704. The van der Waals surface area contributed by atoms with Crippen molar-refractivity contribution in [2.75, 3.05) is 7.11 Å². The van der Waals surface area contributed by atoms with Gasteiger partial charge in [-0.3, -0.25) is 9.59 Å². The highest BCUT2D eigenvalue weighted by atomic mass is 32.2. The summed E-state index contributed by atoms with van der Waals surface area (Å²) < 4.78 is 19.0. The number of methoxy groups -OCH3 is 1. The van der Waals surface area contributed by atoms with Gasteiger partial charge in [0, 0.05) is 23.3 Å². The lowest BCUT2D eigenvalue weighted by Crippen LogP contribution is -2.38. The molecular weight excluding hydrogens is 360 g/mol. The Morgan fingerprint density at radius 2 is 1.74 bits per heavy atom. The van der Waals surface area contributed by atoms with Gasteiger partial charge >= 0.3 is 0 Å². The van der Waals surface area contributed by atoms with Crippen LogP contribution in [0.5, 0.6) is 5.75 Å².